The van der Waals surface area contributed by atoms with Crippen molar-refractivity contribution >= 4 is 17.7 Å². The largest absolute Gasteiger partial charge is 0.481 e. The first-order chi connectivity index (χ1) is 8.61. The van der Waals surface area contributed by atoms with Crippen LogP contribution in [0.3, 0.4) is 0 Å². The normalized spacial score (nSPS) is 40.9. The van der Waals surface area contributed by atoms with Gasteiger partial charge in [0.15, 0.2) is 0 Å². The number of carbonyl (C=O) groups is 1. The number of carboxylic acid groups (broad SMARTS) is 1. The van der Waals surface area contributed by atoms with Crippen LogP contribution in [0.15, 0.2) is 0 Å². The Kier molecular flexibility index (Phi) is 4.96. The highest BCUT2D eigenvalue weighted by Crippen LogP contribution is 2.42. The van der Waals surface area contributed by atoms with Crippen LogP contribution in [-0.4, -0.2) is 34.3 Å². The Morgan fingerprint density at radius 3 is 2.67 bits per heavy atom. The van der Waals surface area contributed by atoms with E-state index >= 15 is 0 Å². The van der Waals surface area contributed by atoms with Gasteiger partial charge in [-0.25, -0.2) is 0 Å². The summed E-state index contributed by atoms with van der Waals surface area (Å²) in [6, 6.07) is 0. The second-order valence-electron chi connectivity index (χ2n) is 5.61. The van der Waals surface area contributed by atoms with Crippen LogP contribution in [-0.2, 0) is 9.53 Å². The highest BCUT2D eigenvalue weighted by molar-refractivity contribution is 8.00. The lowest BCUT2D eigenvalue weighted by Crippen LogP contribution is -2.34. The molecule has 4 heteroatoms. The van der Waals surface area contributed by atoms with E-state index in [1.54, 1.807) is 0 Å². The third-order valence-electron chi connectivity index (χ3n) is 4.45. The Labute approximate surface area is 114 Å². The molecule has 18 heavy (non-hydrogen) atoms. The Hall–Kier alpha value is -0.220. The monoisotopic (exact) mass is 272 g/mol. The van der Waals surface area contributed by atoms with Crippen molar-refractivity contribution in [3.05, 3.63) is 0 Å². The Morgan fingerprint density at radius 2 is 2.11 bits per heavy atom. The predicted molar refractivity (Wildman–Crippen MR) is 74.0 cm³/mol. The molecule has 1 saturated carbocycles. The van der Waals surface area contributed by atoms with Crippen LogP contribution in [0.1, 0.15) is 46.0 Å². The molecule has 1 aliphatic heterocycles. The summed E-state index contributed by atoms with van der Waals surface area (Å²) in [5.74, 6) is -0.0325. The van der Waals surface area contributed by atoms with Gasteiger partial charge in [0, 0.05) is 17.1 Å². The van der Waals surface area contributed by atoms with Crippen molar-refractivity contribution in [1.82, 2.24) is 0 Å². The van der Waals surface area contributed by atoms with Crippen LogP contribution in [0.5, 0.6) is 0 Å². The van der Waals surface area contributed by atoms with Gasteiger partial charge in [-0.15, -0.1) is 0 Å². The molecular weight excluding hydrogens is 248 g/mol. The van der Waals surface area contributed by atoms with Crippen molar-refractivity contribution in [2.75, 3.05) is 6.61 Å². The van der Waals surface area contributed by atoms with Crippen molar-refractivity contribution in [2.45, 2.75) is 62.6 Å². The third-order valence-corrected chi connectivity index (χ3v) is 6.29. The van der Waals surface area contributed by atoms with Crippen LogP contribution in [0, 0.1) is 11.8 Å². The summed E-state index contributed by atoms with van der Waals surface area (Å²) in [6.07, 6.45) is 5.55. The first-order valence-corrected chi connectivity index (χ1v) is 8.06. The van der Waals surface area contributed by atoms with Gasteiger partial charge in [-0.1, -0.05) is 13.3 Å². The first kappa shape index (κ1) is 14.2. The van der Waals surface area contributed by atoms with Crippen LogP contribution < -0.4 is 0 Å². The summed E-state index contributed by atoms with van der Waals surface area (Å²) < 4.78 is 5.59. The van der Waals surface area contributed by atoms with E-state index in [1.807, 2.05) is 11.8 Å². The molecule has 3 nitrogen and oxygen atoms in total. The molecule has 0 aromatic heterocycles. The standard InChI is InChI=1S/C14H24O3S/c1-3-10-4-5-11(14(15)16)13(8-10)18-12-6-7-17-9(12)2/h9-13H,3-8H2,1-2H3,(H,15,16). The zero-order chi connectivity index (χ0) is 13.1. The van der Waals surface area contributed by atoms with Crippen molar-refractivity contribution in [3.63, 3.8) is 0 Å². The topological polar surface area (TPSA) is 46.5 Å². The quantitative estimate of drug-likeness (QED) is 0.854. The number of rotatable bonds is 4. The van der Waals surface area contributed by atoms with E-state index in [9.17, 15) is 9.90 Å². The molecule has 104 valence electrons. The van der Waals surface area contributed by atoms with E-state index in [2.05, 4.69) is 13.8 Å². The van der Waals surface area contributed by atoms with Gasteiger partial charge in [0.05, 0.1) is 12.0 Å². The SMILES string of the molecule is CCC1CCC(C(=O)O)C(SC2CCOC2C)C1. The molecule has 0 radical (unpaired) electrons. The van der Waals surface area contributed by atoms with Crippen molar-refractivity contribution in [2.24, 2.45) is 11.8 Å². The lowest BCUT2D eigenvalue weighted by molar-refractivity contribution is -0.142. The molecule has 0 spiro atoms. The maximum atomic E-state index is 11.4. The van der Waals surface area contributed by atoms with Crippen LogP contribution in [0.2, 0.25) is 0 Å². The predicted octanol–water partition coefficient (Wildman–Crippen LogP) is 3.18. The van der Waals surface area contributed by atoms with Crippen molar-refractivity contribution < 1.29 is 14.6 Å². The van der Waals surface area contributed by atoms with Crippen molar-refractivity contribution in [3.8, 4) is 0 Å². The van der Waals surface area contributed by atoms with Gasteiger partial charge in [0.2, 0.25) is 0 Å². The first-order valence-electron chi connectivity index (χ1n) is 7.11. The molecule has 1 N–H and O–H groups in total. The van der Waals surface area contributed by atoms with Crippen LogP contribution >= 0.6 is 11.8 Å². The second kappa shape index (κ2) is 6.29. The number of hydrogen-bond donors (Lipinski definition) is 1. The molecule has 5 unspecified atom stereocenters. The van der Waals surface area contributed by atoms with Gasteiger partial charge in [0.1, 0.15) is 0 Å². The van der Waals surface area contributed by atoms with Gasteiger partial charge >= 0.3 is 5.97 Å². The van der Waals surface area contributed by atoms with Crippen LogP contribution in [0.4, 0.5) is 0 Å². The molecule has 0 amide bonds. The zero-order valence-corrected chi connectivity index (χ0v) is 12.1. The van der Waals surface area contributed by atoms with E-state index in [-0.39, 0.29) is 17.3 Å². The minimum absolute atomic E-state index is 0.148. The number of aliphatic carboxylic acids is 1. The fourth-order valence-electron chi connectivity index (χ4n) is 3.13. The number of carboxylic acids is 1. The highest BCUT2D eigenvalue weighted by atomic mass is 32.2. The van der Waals surface area contributed by atoms with Gasteiger partial charge in [-0.3, -0.25) is 4.79 Å². The maximum absolute atomic E-state index is 11.4. The zero-order valence-electron chi connectivity index (χ0n) is 11.3. The summed E-state index contributed by atoms with van der Waals surface area (Å²) in [4.78, 5) is 11.4. The Bertz CT molecular complexity index is 295. The van der Waals surface area contributed by atoms with Gasteiger partial charge in [-0.05, 0) is 38.5 Å². The fourth-order valence-corrected chi connectivity index (χ4v) is 4.94. The third kappa shape index (κ3) is 3.21. The van der Waals surface area contributed by atoms with Gasteiger partial charge in [-0.2, -0.15) is 11.8 Å². The van der Waals surface area contributed by atoms with E-state index in [0.717, 1.165) is 38.2 Å². The molecule has 2 rings (SSSR count). The molecule has 1 aliphatic carbocycles. The molecule has 0 aromatic rings. The van der Waals surface area contributed by atoms with E-state index in [4.69, 9.17) is 4.74 Å². The number of ether oxygens (including phenoxy) is 1. The summed E-state index contributed by atoms with van der Waals surface area (Å²) >= 11 is 1.89. The lowest BCUT2D eigenvalue weighted by atomic mass is 9.80. The molecule has 2 aliphatic rings. The molecule has 1 saturated heterocycles. The van der Waals surface area contributed by atoms with E-state index in [1.165, 1.54) is 6.42 Å². The molecule has 5 atom stereocenters. The Balaban J connectivity index is 1.98. The molecule has 2 fully saturated rings. The summed E-state index contributed by atoms with van der Waals surface area (Å²) in [5, 5.41) is 10.1. The Morgan fingerprint density at radius 1 is 1.33 bits per heavy atom. The minimum Gasteiger partial charge on any atom is -0.481 e. The average molecular weight is 272 g/mol. The minimum atomic E-state index is -0.603. The molecule has 1 heterocycles. The fraction of sp³-hybridized carbons (Fsp3) is 0.929. The van der Waals surface area contributed by atoms with E-state index < -0.39 is 5.97 Å². The van der Waals surface area contributed by atoms with Crippen LogP contribution in [0.25, 0.3) is 0 Å². The van der Waals surface area contributed by atoms with Gasteiger partial charge in [0.25, 0.3) is 0 Å². The summed E-state index contributed by atoms with van der Waals surface area (Å²) in [6.45, 7) is 5.16. The number of thioether (sulfide) groups is 1. The second-order valence-corrected chi connectivity index (χ2v) is 7.09. The highest BCUT2D eigenvalue weighted by Gasteiger charge is 2.38. The molecule has 0 aromatic carbocycles. The van der Waals surface area contributed by atoms with Gasteiger partial charge < -0.3 is 9.84 Å². The maximum Gasteiger partial charge on any atom is 0.307 e. The average Bonchev–Trinajstić information content (AvgIpc) is 2.74. The molecular formula is C14H24O3S. The molecule has 0 bridgehead atoms. The lowest BCUT2D eigenvalue weighted by Gasteiger charge is -2.35. The number of hydrogen-bond acceptors (Lipinski definition) is 3. The van der Waals surface area contributed by atoms with Crippen molar-refractivity contribution in [1.29, 1.82) is 0 Å². The summed E-state index contributed by atoms with van der Waals surface area (Å²) in [7, 11) is 0. The smallest absolute Gasteiger partial charge is 0.307 e. The van der Waals surface area contributed by atoms with E-state index in [0.29, 0.717) is 5.25 Å². The summed E-state index contributed by atoms with van der Waals surface area (Å²) in [5.41, 5.74) is 0.